The third kappa shape index (κ3) is 2.70. The molecule has 4 N–H and O–H groups in total. The molecular formula is C7H10O7. The van der Waals surface area contributed by atoms with E-state index in [1.807, 2.05) is 0 Å². The molecule has 0 aromatic carbocycles. The first-order valence-corrected chi connectivity index (χ1v) is 3.65. The Balaban J connectivity index is 4.86. The summed E-state index contributed by atoms with van der Waals surface area (Å²) in [7, 11) is 0. The third-order valence-electron chi connectivity index (χ3n) is 1.81. The lowest BCUT2D eigenvalue weighted by molar-refractivity contribution is -0.166. The fourth-order valence-electron chi connectivity index (χ4n) is 0.930. The van der Waals surface area contributed by atoms with E-state index in [4.69, 9.17) is 20.4 Å². The summed E-state index contributed by atoms with van der Waals surface area (Å²) in [6, 6.07) is 0. The zero-order valence-corrected chi connectivity index (χ0v) is 7.25. The van der Waals surface area contributed by atoms with Crippen LogP contribution in [-0.4, -0.2) is 44.4 Å². The van der Waals surface area contributed by atoms with Crippen LogP contribution < -0.4 is 0 Å². The molecule has 0 aromatic heterocycles. The number of hydrogen-bond acceptors (Lipinski definition) is 4. The van der Waals surface area contributed by atoms with Crippen LogP contribution >= 0.6 is 0 Å². The van der Waals surface area contributed by atoms with Gasteiger partial charge >= 0.3 is 17.9 Å². The predicted molar refractivity (Wildman–Crippen MR) is 41.6 cm³/mol. The van der Waals surface area contributed by atoms with Crippen LogP contribution in [0.3, 0.4) is 0 Å². The molecule has 80 valence electrons. The highest BCUT2D eigenvalue weighted by molar-refractivity contribution is 5.86. The van der Waals surface area contributed by atoms with Crippen molar-refractivity contribution in [2.24, 2.45) is 11.8 Å². The average Bonchev–Trinajstić information content (AvgIpc) is 2.03. The van der Waals surface area contributed by atoms with Crippen LogP contribution in [0.25, 0.3) is 0 Å². The molecule has 0 fully saturated rings. The van der Waals surface area contributed by atoms with E-state index >= 15 is 0 Å². The van der Waals surface area contributed by atoms with E-state index in [1.165, 1.54) is 0 Å². The molecule has 0 saturated carbocycles. The molecule has 0 saturated heterocycles. The molecule has 0 rings (SSSR count). The zero-order valence-electron chi connectivity index (χ0n) is 7.25. The van der Waals surface area contributed by atoms with Crippen molar-refractivity contribution < 1.29 is 34.8 Å². The van der Waals surface area contributed by atoms with E-state index in [-0.39, 0.29) is 0 Å². The molecule has 14 heavy (non-hydrogen) atoms. The Hall–Kier alpha value is -1.63. The Morgan fingerprint density at radius 3 is 1.57 bits per heavy atom. The number of aliphatic hydroxyl groups excluding tert-OH is 1. The molecule has 0 aliphatic heterocycles. The number of carboxylic acid groups (broad SMARTS) is 3. The molecule has 7 nitrogen and oxygen atoms in total. The van der Waals surface area contributed by atoms with Gasteiger partial charge in [-0.05, 0) is 0 Å². The second kappa shape index (κ2) is 4.56. The van der Waals surface area contributed by atoms with Crippen LogP contribution in [-0.2, 0) is 14.4 Å². The smallest absolute Gasteiger partial charge is 0.333 e. The second-order valence-corrected chi connectivity index (χ2v) is 2.77. The lowest BCUT2D eigenvalue weighted by Crippen LogP contribution is -2.41. The summed E-state index contributed by atoms with van der Waals surface area (Å²) in [6.45, 7) is 1.02. The fourth-order valence-corrected chi connectivity index (χ4v) is 0.930. The van der Waals surface area contributed by atoms with Crippen LogP contribution in [0.5, 0.6) is 0 Å². The summed E-state index contributed by atoms with van der Waals surface area (Å²) >= 11 is 0. The lowest BCUT2D eigenvalue weighted by Gasteiger charge is -2.18. The number of hydrogen-bond donors (Lipinski definition) is 4. The van der Waals surface area contributed by atoms with Crippen molar-refractivity contribution in [1.29, 1.82) is 0 Å². The first kappa shape index (κ1) is 12.4. The van der Waals surface area contributed by atoms with Crippen molar-refractivity contribution in [3.63, 3.8) is 0 Å². The molecule has 0 aliphatic rings. The Labute approximate surface area is 78.6 Å². The van der Waals surface area contributed by atoms with E-state index in [1.54, 1.807) is 0 Å². The van der Waals surface area contributed by atoms with Gasteiger partial charge in [0.1, 0.15) is 5.92 Å². The summed E-state index contributed by atoms with van der Waals surface area (Å²) in [4.78, 5) is 31.2. The first-order valence-electron chi connectivity index (χ1n) is 3.65. The lowest BCUT2D eigenvalue weighted by atomic mass is 9.89. The molecule has 0 aromatic rings. The van der Waals surface area contributed by atoms with E-state index in [0.29, 0.717) is 0 Å². The quantitative estimate of drug-likeness (QED) is 0.446. The first-order chi connectivity index (χ1) is 6.29. The van der Waals surface area contributed by atoms with Gasteiger partial charge in [0, 0.05) is 0 Å². The highest BCUT2D eigenvalue weighted by Gasteiger charge is 2.39. The van der Waals surface area contributed by atoms with Gasteiger partial charge in [0.15, 0.2) is 6.10 Å². The van der Waals surface area contributed by atoms with E-state index in [9.17, 15) is 14.4 Å². The van der Waals surface area contributed by atoms with E-state index in [2.05, 4.69) is 0 Å². The van der Waals surface area contributed by atoms with Gasteiger partial charge in [-0.2, -0.15) is 0 Å². The molecule has 3 unspecified atom stereocenters. The van der Waals surface area contributed by atoms with Crippen LogP contribution in [0.4, 0.5) is 0 Å². The minimum absolute atomic E-state index is 1.02. The Bertz CT molecular complexity index is 239. The SMILES string of the molecule is CC(C(=O)O)C(C(=O)O)C(O)C(=O)O. The van der Waals surface area contributed by atoms with Gasteiger partial charge in [-0.3, -0.25) is 9.59 Å². The van der Waals surface area contributed by atoms with Crippen LogP contribution in [0.1, 0.15) is 6.92 Å². The topological polar surface area (TPSA) is 132 Å². The highest BCUT2D eigenvalue weighted by Crippen LogP contribution is 2.17. The van der Waals surface area contributed by atoms with Crippen LogP contribution in [0.15, 0.2) is 0 Å². The maximum atomic E-state index is 10.5. The molecular weight excluding hydrogens is 196 g/mol. The molecule has 0 bridgehead atoms. The van der Waals surface area contributed by atoms with Crippen LogP contribution in [0, 0.1) is 11.8 Å². The molecule has 0 amide bonds. The molecule has 7 heteroatoms. The minimum atomic E-state index is -2.22. The second-order valence-electron chi connectivity index (χ2n) is 2.77. The van der Waals surface area contributed by atoms with Crippen molar-refractivity contribution in [2.45, 2.75) is 13.0 Å². The number of aliphatic hydroxyl groups is 1. The zero-order chi connectivity index (χ0) is 11.5. The van der Waals surface area contributed by atoms with Crippen molar-refractivity contribution in [2.75, 3.05) is 0 Å². The van der Waals surface area contributed by atoms with Gasteiger partial charge in [0.05, 0.1) is 5.92 Å². The Kier molecular flexibility index (Phi) is 4.03. The summed E-state index contributed by atoms with van der Waals surface area (Å²) < 4.78 is 0. The van der Waals surface area contributed by atoms with E-state index < -0.39 is 35.8 Å². The molecule has 0 aliphatic carbocycles. The highest BCUT2D eigenvalue weighted by atomic mass is 16.4. The Morgan fingerprint density at radius 2 is 1.36 bits per heavy atom. The normalized spacial score (nSPS) is 16.7. The molecule has 0 radical (unpaired) electrons. The summed E-state index contributed by atoms with van der Waals surface area (Å²) in [5.74, 6) is -8.22. The van der Waals surface area contributed by atoms with Gasteiger partial charge in [0.2, 0.25) is 0 Å². The Morgan fingerprint density at radius 1 is 0.929 bits per heavy atom. The molecule has 0 heterocycles. The number of rotatable bonds is 5. The summed E-state index contributed by atoms with van der Waals surface area (Å²) in [5.41, 5.74) is 0. The van der Waals surface area contributed by atoms with Crippen molar-refractivity contribution in [3.8, 4) is 0 Å². The largest absolute Gasteiger partial charge is 0.481 e. The van der Waals surface area contributed by atoms with Gasteiger partial charge in [-0.15, -0.1) is 0 Å². The standard InChI is InChI=1S/C7H10O7/c1-2(5(9)10)3(6(11)12)4(8)7(13)14/h2-4,8H,1H3,(H,9,10)(H,11,12)(H,13,14). The third-order valence-corrected chi connectivity index (χ3v) is 1.81. The predicted octanol–water partition coefficient (Wildman–Crippen LogP) is -1.15. The number of aliphatic carboxylic acids is 3. The van der Waals surface area contributed by atoms with Crippen molar-refractivity contribution in [3.05, 3.63) is 0 Å². The van der Waals surface area contributed by atoms with Gasteiger partial charge < -0.3 is 20.4 Å². The monoisotopic (exact) mass is 206 g/mol. The fraction of sp³-hybridized carbons (Fsp3) is 0.571. The van der Waals surface area contributed by atoms with Crippen molar-refractivity contribution >= 4 is 17.9 Å². The van der Waals surface area contributed by atoms with E-state index in [0.717, 1.165) is 6.92 Å². The summed E-state index contributed by atoms with van der Waals surface area (Å²) in [5, 5.41) is 34.2. The number of carbonyl (C=O) groups is 3. The van der Waals surface area contributed by atoms with Crippen molar-refractivity contribution in [1.82, 2.24) is 0 Å². The average molecular weight is 206 g/mol. The van der Waals surface area contributed by atoms with Crippen LogP contribution in [0.2, 0.25) is 0 Å². The maximum Gasteiger partial charge on any atom is 0.333 e. The minimum Gasteiger partial charge on any atom is -0.481 e. The van der Waals surface area contributed by atoms with Gasteiger partial charge in [0.25, 0.3) is 0 Å². The maximum absolute atomic E-state index is 10.5. The van der Waals surface area contributed by atoms with Gasteiger partial charge in [-0.25, -0.2) is 4.79 Å². The molecule has 0 spiro atoms. The summed E-state index contributed by atoms with van der Waals surface area (Å²) in [6.07, 6.45) is -2.22. The number of carboxylic acids is 3. The van der Waals surface area contributed by atoms with Gasteiger partial charge in [-0.1, -0.05) is 6.92 Å². The molecule has 3 atom stereocenters.